The Kier molecular flexibility index (Phi) is 7.50. The Hall–Kier alpha value is -1.95. The van der Waals surface area contributed by atoms with Gasteiger partial charge in [-0.15, -0.1) is 0 Å². The van der Waals surface area contributed by atoms with Crippen molar-refractivity contribution in [1.82, 2.24) is 0 Å². The summed E-state index contributed by atoms with van der Waals surface area (Å²) >= 11 is 6.12. The number of hydrogen-bond acceptors (Lipinski definition) is 4. The molecule has 1 aliphatic heterocycles. The molecule has 0 saturated carbocycles. The first-order chi connectivity index (χ1) is 14.3. The van der Waals surface area contributed by atoms with Crippen LogP contribution in [0.1, 0.15) is 26.3 Å². The summed E-state index contributed by atoms with van der Waals surface area (Å²) in [5.74, 6) is 1.62. The van der Waals surface area contributed by atoms with Crippen molar-refractivity contribution in [2.75, 3.05) is 51.3 Å². The highest BCUT2D eigenvalue weighted by Gasteiger charge is 2.24. The van der Waals surface area contributed by atoms with Crippen LogP contribution in [0.25, 0.3) is 0 Å². The minimum atomic E-state index is -0.507. The van der Waals surface area contributed by atoms with Gasteiger partial charge in [0.05, 0.1) is 33.3 Å². The van der Waals surface area contributed by atoms with E-state index in [1.807, 2.05) is 36.4 Å². The van der Waals surface area contributed by atoms with Gasteiger partial charge in [0.15, 0.2) is 0 Å². The number of methoxy groups -OCH3 is 1. The molecule has 0 unspecified atom stereocenters. The van der Waals surface area contributed by atoms with Crippen molar-refractivity contribution in [1.29, 1.82) is 0 Å². The summed E-state index contributed by atoms with van der Waals surface area (Å²) in [6, 6.07) is 13.8. The number of ether oxygens (including phenoxy) is 2. The highest BCUT2D eigenvalue weighted by Crippen LogP contribution is 2.34. The number of aliphatic hydroxyl groups excluding tert-OH is 1. The molecular formula is C24H34ClN2O3+. The van der Waals surface area contributed by atoms with Gasteiger partial charge in [0.25, 0.3) is 0 Å². The second-order valence-corrected chi connectivity index (χ2v) is 9.43. The fourth-order valence-electron chi connectivity index (χ4n) is 3.88. The van der Waals surface area contributed by atoms with E-state index in [0.717, 1.165) is 48.3 Å². The Morgan fingerprint density at radius 3 is 2.50 bits per heavy atom. The maximum atomic E-state index is 10.6. The molecule has 1 saturated heterocycles. The van der Waals surface area contributed by atoms with E-state index in [9.17, 15) is 5.11 Å². The van der Waals surface area contributed by atoms with Gasteiger partial charge in [0, 0.05) is 16.3 Å². The molecule has 2 aromatic rings. The van der Waals surface area contributed by atoms with E-state index in [-0.39, 0.29) is 12.0 Å². The van der Waals surface area contributed by atoms with Crippen molar-refractivity contribution in [3.63, 3.8) is 0 Å². The summed E-state index contributed by atoms with van der Waals surface area (Å²) in [6.07, 6.45) is -0.507. The second kappa shape index (κ2) is 9.90. The van der Waals surface area contributed by atoms with E-state index < -0.39 is 6.10 Å². The Morgan fingerprint density at radius 2 is 1.87 bits per heavy atom. The highest BCUT2D eigenvalue weighted by molar-refractivity contribution is 6.30. The first kappa shape index (κ1) is 22.7. The van der Waals surface area contributed by atoms with Crippen LogP contribution in [-0.4, -0.2) is 57.7 Å². The van der Waals surface area contributed by atoms with Crippen molar-refractivity contribution in [2.24, 2.45) is 0 Å². The van der Waals surface area contributed by atoms with Crippen LogP contribution < -0.4 is 19.3 Å². The zero-order chi connectivity index (χ0) is 21.7. The minimum absolute atomic E-state index is 0.0727. The van der Waals surface area contributed by atoms with E-state index in [1.54, 1.807) is 7.11 Å². The second-order valence-electron chi connectivity index (χ2n) is 9.00. The van der Waals surface area contributed by atoms with Crippen molar-refractivity contribution < 1.29 is 19.5 Å². The van der Waals surface area contributed by atoms with E-state index in [2.05, 4.69) is 31.7 Å². The number of quaternary nitrogens is 1. The van der Waals surface area contributed by atoms with Crippen LogP contribution in [0.15, 0.2) is 42.5 Å². The molecule has 0 radical (unpaired) electrons. The van der Waals surface area contributed by atoms with Gasteiger partial charge in [-0.2, -0.15) is 0 Å². The SMILES string of the molecule is COc1ccc(OC[C@@H](O)C[NH+]2CCN(c3cccc(Cl)c3)CC2)c(C(C)(C)C)c1. The summed E-state index contributed by atoms with van der Waals surface area (Å²) in [5, 5.41) is 11.3. The topological polar surface area (TPSA) is 46.4 Å². The van der Waals surface area contributed by atoms with Crippen LogP contribution in [0.3, 0.4) is 0 Å². The minimum Gasteiger partial charge on any atom is -0.497 e. The zero-order valence-corrected chi connectivity index (χ0v) is 19.2. The number of benzene rings is 2. The van der Waals surface area contributed by atoms with Gasteiger partial charge in [-0.05, 0) is 41.8 Å². The van der Waals surface area contributed by atoms with Gasteiger partial charge in [0.1, 0.15) is 30.8 Å². The third-order valence-electron chi connectivity index (χ3n) is 5.59. The lowest BCUT2D eigenvalue weighted by molar-refractivity contribution is -0.903. The molecule has 0 aliphatic carbocycles. The van der Waals surface area contributed by atoms with Crippen molar-refractivity contribution in [3.8, 4) is 11.5 Å². The lowest BCUT2D eigenvalue weighted by atomic mass is 9.86. The molecule has 1 heterocycles. The number of halogens is 1. The predicted octanol–water partition coefficient (Wildman–Crippen LogP) is 2.79. The van der Waals surface area contributed by atoms with Gasteiger partial charge in [-0.3, -0.25) is 0 Å². The van der Waals surface area contributed by atoms with Crippen LogP contribution in [0.2, 0.25) is 5.02 Å². The van der Waals surface area contributed by atoms with Gasteiger partial charge >= 0.3 is 0 Å². The maximum absolute atomic E-state index is 10.6. The lowest BCUT2D eigenvalue weighted by Crippen LogP contribution is -3.16. The van der Waals surface area contributed by atoms with Crippen molar-refractivity contribution in [2.45, 2.75) is 32.3 Å². The number of hydrogen-bond donors (Lipinski definition) is 2. The van der Waals surface area contributed by atoms with E-state index >= 15 is 0 Å². The first-order valence-electron chi connectivity index (χ1n) is 10.6. The normalized spacial score (nSPS) is 16.4. The molecule has 2 N–H and O–H groups in total. The molecule has 0 spiro atoms. The van der Waals surface area contributed by atoms with Crippen LogP contribution in [0.4, 0.5) is 5.69 Å². The predicted molar refractivity (Wildman–Crippen MR) is 122 cm³/mol. The Morgan fingerprint density at radius 1 is 1.13 bits per heavy atom. The van der Waals surface area contributed by atoms with Gasteiger partial charge < -0.3 is 24.4 Å². The number of nitrogens with one attached hydrogen (secondary N) is 1. The van der Waals surface area contributed by atoms with Crippen molar-refractivity contribution >= 4 is 17.3 Å². The zero-order valence-electron chi connectivity index (χ0n) is 18.5. The molecule has 164 valence electrons. The number of anilines is 1. The van der Waals surface area contributed by atoms with E-state index in [1.165, 1.54) is 10.6 Å². The summed E-state index contributed by atoms with van der Waals surface area (Å²) in [7, 11) is 1.67. The molecule has 0 aromatic heterocycles. The molecule has 1 atom stereocenters. The molecule has 30 heavy (non-hydrogen) atoms. The molecule has 6 heteroatoms. The van der Waals surface area contributed by atoms with Crippen LogP contribution in [0, 0.1) is 0 Å². The smallest absolute Gasteiger partial charge is 0.137 e. The van der Waals surface area contributed by atoms with E-state index in [4.69, 9.17) is 21.1 Å². The average molecular weight is 434 g/mol. The van der Waals surface area contributed by atoms with Crippen LogP contribution >= 0.6 is 11.6 Å². The molecule has 2 aromatic carbocycles. The maximum Gasteiger partial charge on any atom is 0.137 e. The van der Waals surface area contributed by atoms with Gasteiger partial charge in [-0.1, -0.05) is 38.4 Å². The van der Waals surface area contributed by atoms with Crippen LogP contribution in [0.5, 0.6) is 11.5 Å². The lowest BCUT2D eigenvalue weighted by Gasteiger charge is -2.34. The molecule has 5 nitrogen and oxygen atoms in total. The fourth-order valence-corrected chi connectivity index (χ4v) is 4.07. The Balaban J connectivity index is 1.51. The third kappa shape index (κ3) is 6.03. The quantitative estimate of drug-likeness (QED) is 0.704. The molecular weight excluding hydrogens is 400 g/mol. The van der Waals surface area contributed by atoms with E-state index in [0.29, 0.717) is 6.54 Å². The molecule has 1 aliphatic rings. The monoisotopic (exact) mass is 433 g/mol. The largest absolute Gasteiger partial charge is 0.497 e. The van der Waals surface area contributed by atoms with Crippen LogP contribution in [-0.2, 0) is 5.41 Å². The fraction of sp³-hybridized carbons (Fsp3) is 0.500. The van der Waals surface area contributed by atoms with Gasteiger partial charge in [-0.25, -0.2) is 0 Å². The Bertz CT molecular complexity index is 829. The first-order valence-corrected chi connectivity index (χ1v) is 11.0. The number of aliphatic hydroxyl groups is 1. The highest BCUT2D eigenvalue weighted by atomic mass is 35.5. The standard InChI is InChI=1S/C24H33ClN2O3/c1-24(2,3)22-15-21(29-4)8-9-23(22)30-17-20(28)16-26-10-12-27(13-11-26)19-7-5-6-18(25)14-19/h5-9,14-15,20,28H,10-13,16-17H2,1-4H3/p+1/t20-/m0/s1. The van der Waals surface area contributed by atoms with Crippen molar-refractivity contribution in [3.05, 3.63) is 53.1 Å². The number of nitrogens with zero attached hydrogens (tertiary/aromatic N) is 1. The molecule has 3 rings (SSSR count). The summed E-state index contributed by atoms with van der Waals surface area (Å²) in [5.41, 5.74) is 2.17. The Labute approximate surface area is 185 Å². The number of rotatable bonds is 7. The summed E-state index contributed by atoms with van der Waals surface area (Å²) in [4.78, 5) is 3.75. The molecule has 0 amide bonds. The number of piperazine rings is 1. The summed E-state index contributed by atoms with van der Waals surface area (Å²) < 4.78 is 11.4. The molecule has 1 fully saturated rings. The average Bonchev–Trinajstić information content (AvgIpc) is 2.72. The third-order valence-corrected chi connectivity index (χ3v) is 5.83. The van der Waals surface area contributed by atoms with Gasteiger partial charge in [0.2, 0.25) is 0 Å². The summed E-state index contributed by atoms with van der Waals surface area (Å²) in [6.45, 7) is 11.3. The molecule has 0 bridgehead atoms.